The van der Waals surface area contributed by atoms with Gasteiger partial charge in [0.05, 0.1) is 18.5 Å². The molecular weight excluding hydrogens is 385 g/mol. The number of nitrogens with zero attached hydrogens (tertiary/aromatic N) is 1. The number of anilines is 4. The summed E-state index contributed by atoms with van der Waals surface area (Å²) in [6, 6.07) is 14.6. The van der Waals surface area contributed by atoms with Crippen LogP contribution in [0.3, 0.4) is 0 Å². The molecule has 0 saturated carbocycles. The lowest BCUT2D eigenvalue weighted by molar-refractivity contribution is 0.171. The molecule has 2 aromatic carbocycles. The van der Waals surface area contributed by atoms with Crippen molar-refractivity contribution in [1.29, 1.82) is 0 Å². The third-order valence-electron chi connectivity index (χ3n) is 4.57. The van der Waals surface area contributed by atoms with Crippen LogP contribution in [0.15, 0.2) is 54.7 Å². The standard InChI is InChI=1S/C23H24FN3O3/c1-2-3-10-28-18-7-4-16(5-8-18)26-20-14-23(25-15-19(20)24)27-17-6-9-21-22(13-17)30-12-11-29-21/h4-9,13-15H,2-3,10-12H2,1H3,(H2,25,26,27). The highest BCUT2D eigenvalue weighted by Crippen LogP contribution is 2.34. The van der Waals surface area contributed by atoms with Crippen molar-refractivity contribution in [2.75, 3.05) is 30.5 Å². The first-order chi connectivity index (χ1) is 14.7. The monoisotopic (exact) mass is 409 g/mol. The highest BCUT2D eigenvalue weighted by Gasteiger charge is 2.12. The zero-order valence-corrected chi connectivity index (χ0v) is 16.8. The number of unbranched alkanes of at least 4 members (excludes halogenated alkanes) is 1. The van der Waals surface area contributed by atoms with E-state index in [1.165, 1.54) is 6.20 Å². The number of fused-ring (bicyclic) bond motifs is 1. The van der Waals surface area contributed by atoms with Crippen LogP contribution in [0.25, 0.3) is 0 Å². The van der Waals surface area contributed by atoms with Crippen LogP contribution in [0.2, 0.25) is 0 Å². The Labute approximate surface area is 175 Å². The quantitative estimate of drug-likeness (QED) is 0.468. The van der Waals surface area contributed by atoms with Crippen molar-refractivity contribution in [2.45, 2.75) is 19.8 Å². The molecule has 1 aliphatic heterocycles. The molecule has 0 radical (unpaired) electrons. The minimum Gasteiger partial charge on any atom is -0.494 e. The molecule has 0 amide bonds. The van der Waals surface area contributed by atoms with Gasteiger partial charge in [0.2, 0.25) is 0 Å². The van der Waals surface area contributed by atoms with E-state index in [1.807, 2.05) is 42.5 Å². The first kappa shape index (κ1) is 19.8. The molecule has 30 heavy (non-hydrogen) atoms. The second-order valence-corrected chi connectivity index (χ2v) is 6.88. The third-order valence-corrected chi connectivity index (χ3v) is 4.57. The molecule has 0 spiro atoms. The molecule has 0 unspecified atom stereocenters. The van der Waals surface area contributed by atoms with Crippen LogP contribution in [0, 0.1) is 5.82 Å². The molecular formula is C23H24FN3O3. The van der Waals surface area contributed by atoms with Crippen LogP contribution in [0.1, 0.15) is 19.8 Å². The first-order valence-corrected chi connectivity index (χ1v) is 10.0. The van der Waals surface area contributed by atoms with Crippen LogP contribution >= 0.6 is 0 Å². The van der Waals surface area contributed by atoms with Crippen LogP contribution < -0.4 is 24.8 Å². The Morgan fingerprint density at radius 1 is 0.967 bits per heavy atom. The summed E-state index contributed by atoms with van der Waals surface area (Å²) in [5.74, 6) is 2.25. The average Bonchev–Trinajstić information content (AvgIpc) is 2.77. The Morgan fingerprint density at radius 2 is 1.73 bits per heavy atom. The number of rotatable bonds is 8. The van der Waals surface area contributed by atoms with E-state index in [4.69, 9.17) is 14.2 Å². The Bertz CT molecular complexity index is 995. The first-order valence-electron chi connectivity index (χ1n) is 10.0. The SMILES string of the molecule is CCCCOc1ccc(Nc2cc(Nc3ccc4c(c3)OCCO4)ncc2F)cc1. The molecule has 156 valence electrons. The number of halogens is 1. The molecule has 2 heterocycles. The van der Waals surface area contributed by atoms with Crippen molar-refractivity contribution < 1.29 is 18.6 Å². The summed E-state index contributed by atoms with van der Waals surface area (Å²) in [6.07, 6.45) is 3.29. The van der Waals surface area contributed by atoms with E-state index >= 15 is 0 Å². The van der Waals surface area contributed by atoms with Gasteiger partial charge in [-0.1, -0.05) is 13.3 Å². The predicted molar refractivity (Wildman–Crippen MR) is 115 cm³/mol. The molecule has 1 aromatic heterocycles. The van der Waals surface area contributed by atoms with Gasteiger partial charge >= 0.3 is 0 Å². The maximum atomic E-state index is 14.3. The Morgan fingerprint density at radius 3 is 2.53 bits per heavy atom. The summed E-state index contributed by atoms with van der Waals surface area (Å²) >= 11 is 0. The zero-order chi connectivity index (χ0) is 20.8. The summed E-state index contributed by atoms with van der Waals surface area (Å²) in [5, 5.41) is 6.26. The number of nitrogens with one attached hydrogen (secondary N) is 2. The van der Waals surface area contributed by atoms with Crippen molar-refractivity contribution in [2.24, 2.45) is 0 Å². The van der Waals surface area contributed by atoms with Gasteiger partial charge in [0.25, 0.3) is 0 Å². The molecule has 2 N–H and O–H groups in total. The molecule has 7 heteroatoms. The van der Waals surface area contributed by atoms with Crippen molar-refractivity contribution in [3.8, 4) is 17.2 Å². The number of ether oxygens (including phenoxy) is 3. The van der Waals surface area contributed by atoms with Gasteiger partial charge < -0.3 is 24.8 Å². The Kier molecular flexibility index (Phi) is 6.17. The van der Waals surface area contributed by atoms with Gasteiger partial charge in [-0.05, 0) is 42.8 Å². The molecule has 0 saturated heterocycles. The summed E-state index contributed by atoms with van der Waals surface area (Å²) in [5.41, 5.74) is 1.86. The van der Waals surface area contributed by atoms with E-state index in [-0.39, 0.29) is 0 Å². The van der Waals surface area contributed by atoms with E-state index in [9.17, 15) is 4.39 Å². The lowest BCUT2D eigenvalue weighted by Gasteiger charge is -2.19. The minimum atomic E-state index is -0.439. The number of hydrogen-bond donors (Lipinski definition) is 2. The van der Waals surface area contributed by atoms with Crippen LogP contribution in [-0.2, 0) is 0 Å². The van der Waals surface area contributed by atoms with E-state index in [0.29, 0.717) is 42.8 Å². The van der Waals surface area contributed by atoms with Crippen LogP contribution in [0.4, 0.5) is 27.3 Å². The van der Waals surface area contributed by atoms with Crippen LogP contribution in [-0.4, -0.2) is 24.8 Å². The summed E-state index contributed by atoms with van der Waals surface area (Å²) < 4.78 is 31.1. The molecule has 0 aliphatic carbocycles. The van der Waals surface area contributed by atoms with E-state index in [1.54, 1.807) is 6.07 Å². The fourth-order valence-electron chi connectivity index (χ4n) is 3.00. The summed E-state index contributed by atoms with van der Waals surface area (Å²) in [6.45, 7) is 3.87. The number of benzene rings is 2. The Balaban J connectivity index is 1.44. The molecule has 1 aliphatic rings. The lowest BCUT2D eigenvalue weighted by Crippen LogP contribution is -2.15. The van der Waals surface area contributed by atoms with Gasteiger partial charge in [0.1, 0.15) is 24.8 Å². The van der Waals surface area contributed by atoms with E-state index in [0.717, 1.165) is 30.0 Å². The van der Waals surface area contributed by atoms with Crippen molar-refractivity contribution in [3.63, 3.8) is 0 Å². The smallest absolute Gasteiger partial charge is 0.165 e. The van der Waals surface area contributed by atoms with Crippen LogP contribution in [0.5, 0.6) is 17.2 Å². The number of aromatic nitrogens is 1. The van der Waals surface area contributed by atoms with Crippen molar-refractivity contribution in [3.05, 3.63) is 60.5 Å². The fraction of sp³-hybridized carbons (Fsp3) is 0.261. The van der Waals surface area contributed by atoms with E-state index in [2.05, 4.69) is 22.5 Å². The fourth-order valence-corrected chi connectivity index (χ4v) is 3.00. The summed E-state index contributed by atoms with van der Waals surface area (Å²) in [4.78, 5) is 4.13. The van der Waals surface area contributed by atoms with Gasteiger partial charge in [0, 0.05) is 23.5 Å². The highest BCUT2D eigenvalue weighted by molar-refractivity contribution is 5.67. The average molecular weight is 409 g/mol. The summed E-state index contributed by atoms with van der Waals surface area (Å²) in [7, 11) is 0. The second-order valence-electron chi connectivity index (χ2n) is 6.88. The number of pyridine rings is 1. The van der Waals surface area contributed by atoms with Gasteiger partial charge in [-0.3, -0.25) is 0 Å². The van der Waals surface area contributed by atoms with Gasteiger partial charge in [-0.15, -0.1) is 0 Å². The molecule has 6 nitrogen and oxygen atoms in total. The number of hydrogen-bond acceptors (Lipinski definition) is 6. The molecule has 3 aromatic rings. The van der Waals surface area contributed by atoms with Crippen molar-refractivity contribution >= 4 is 22.9 Å². The molecule has 0 bridgehead atoms. The predicted octanol–water partition coefficient (Wildman–Crippen LogP) is 5.66. The molecule has 0 fully saturated rings. The topological polar surface area (TPSA) is 64.6 Å². The highest BCUT2D eigenvalue weighted by atomic mass is 19.1. The van der Waals surface area contributed by atoms with Gasteiger partial charge in [-0.25, -0.2) is 9.37 Å². The maximum absolute atomic E-state index is 14.3. The van der Waals surface area contributed by atoms with Gasteiger partial charge in [0.15, 0.2) is 17.3 Å². The third kappa shape index (κ3) is 4.92. The zero-order valence-electron chi connectivity index (χ0n) is 16.8. The minimum absolute atomic E-state index is 0.324. The Hall–Kier alpha value is -3.48. The van der Waals surface area contributed by atoms with Crippen molar-refractivity contribution in [1.82, 2.24) is 4.98 Å². The van der Waals surface area contributed by atoms with E-state index < -0.39 is 5.82 Å². The maximum Gasteiger partial charge on any atom is 0.165 e. The lowest BCUT2D eigenvalue weighted by atomic mass is 10.2. The largest absolute Gasteiger partial charge is 0.494 e. The molecule has 0 atom stereocenters. The normalized spacial score (nSPS) is 12.3. The second kappa shape index (κ2) is 9.35. The molecule has 4 rings (SSSR count). The van der Waals surface area contributed by atoms with Gasteiger partial charge in [-0.2, -0.15) is 0 Å².